The molecule has 0 saturated heterocycles. The van der Waals surface area contributed by atoms with Crippen LogP contribution in [0.25, 0.3) is 111 Å². The minimum atomic E-state index is 0.612. The van der Waals surface area contributed by atoms with Gasteiger partial charge in [0.1, 0.15) is 11.3 Å². The molecule has 57 heavy (non-hydrogen) atoms. The highest BCUT2D eigenvalue weighted by Crippen LogP contribution is 2.42. The maximum atomic E-state index is 6.34. The third-order valence-electron chi connectivity index (χ3n) is 10.5. The lowest BCUT2D eigenvalue weighted by Gasteiger charge is -2.10. The molecule has 10 rings (SSSR count). The maximum absolute atomic E-state index is 6.34. The molecule has 10 aromatic rings. The van der Waals surface area contributed by atoms with Gasteiger partial charge in [-0.2, -0.15) is 0 Å². The Morgan fingerprint density at radius 2 is 1.07 bits per heavy atom. The molecule has 0 aliphatic carbocycles. The molecule has 3 heterocycles. The van der Waals surface area contributed by atoms with Gasteiger partial charge in [-0.1, -0.05) is 158 Å². The maximum Gasteiger partial charge on any atom is 0.164 e. The summed E-state index contributed by atoms with van der Waals surface area (Å²) < 4.78 is 8.75. The third kappa shape index (κ3) is 6.24. The van der Waals surface area contributed by atoms with E-state index in [1.807, 2.05) is 43.3 Å². The summed E-state index contributed by atoms with van der Waals surface area (Å²) in [4.78, 5) is 15.4. The summed E-state index contributed by atoms with van der Waals surface area (Å²) >= 11 is 1.79. The van der Waals surface area contributed by atoms with Crippen LogP contribution in [0.4, 0.5) is 0 Å². The molecule has 270 valence electrons. The fraction of sp³-hybridized carbons (Fsp3) is 0.0192. The first kappa shape index (κ1) is 34.3. The van der Waals surface area contributed by atoms with Gasteiger partial charge in [-0.3, -0.25) is 0 Å². The molecule has 0 fully saturated rings. The van der Waals surface area contributed by atoms with E-state index < -0.39 is 0 Å². The van der Waals surface area contributed by atoms with Gasteiger partial charge >= 0.3 is 0 Å². The Morgan fingerprint density at radius 3 is 1.81 bits per heavy atom. The second-order valence-electron chi connectivity index (χ2n) is 14.0. The Labute approximate surface area is 334 Å². The highest BCUT2D eigenvalue weighted by Gasteiger charge is 2.19. The topological polar surface area (TPSA) is 51.8 Å². The first-order valence-corrected chi connectivity index (χ1v) is 19.8. The zero-order chi connectivity index (χ0) is 38.3. The molecule has 7 aromatic carbocycles. The molecule has 3 aromatic heterocycles. The molecule has 0 atom stereocenters. The SMILES string of the molecule is C=Cc1oc2c(-c3ccc(-c4nc(-c5ccccc5)nc(-c5cccc6sc7ccc(-c8cccc(-c9ccccc9)c8)cc7c56)n4)cc3)cccc2c1/C=C\C. The van der Waals surface area contributed by atoms with Crippen molar-refractivity contribution in [3.05, 3.63) is 188 Å². The minimum absolute atomic E-state index is 0.612. The van der Waals surface area contributed by atoms with E-state index in [1.165, 1.54) is 37.0 Å². The van der Waals surface area contributed by atoms with Crippen LogP contribution in [-0.4, -0.2) is 15.0 Å². The molecule has 0 amide bonds. The molecule has 0 radical (unpaired) electrons. The van der Waals surface area contributed by atoms with E-state index in [0.717, 1.165) is 55.5 Å². The van der Waals surface area contributed by atoms with Crippen molar-refractivity contribution in [2.24, 2.45) is 0 Å². The van der Waals surface area contributed by atoms with Crippen molar-refractivity contribution < 1.29 is 4.42 Å². The highest BCUT2D eigenvalue weighted by atomic mass is 32.1. The number of aromatic nitrogens is 3. The summed E-state index contributed by atoms with van der Waals surface area (Å²) in [5, 5.41) is 3.39. The van der Waals surface area contributed by atoms with Crippen LogP contribution in [0.3, 0.4) is 0 Å². The number of hydrogen-bond acceptors (Lipinski definition) is 5. The van der Waals surface area contributed by atoms with Gasteiger partial charge in [0, 0.05) is 53.4 Å². The van der Waals surface area contributed by atoms with Crippen molar-refractivity contribution in [1.82, 2.24) is 15.0 Å². The molecule has 5 heteroatoms. The Morgan fingerprint density at radius 1 is 0.491 bits per heavy atom. The van der Waals surface area contributed by atoms with E-state index in [1.54, 1.807) is 17.4 Å². The Kier molecular flexibility index (Phi) is 8.70. The van der Waals surface area contributed by atoms with Crippen LogP contribution in [-0.2, 0) is 0 Å². The fourth-order valence-electron chi connectivity index (χ4n) is 7.72. The second kappa shape index (κ2) is 14.5. The normalized spacial score (nSPS) is 11.6. The van der Waals surface area contributed by atoms with E-state index in [9.17, 15) is 0 Å². The minimum Gasteiger partial charge on any atom is -0.455 e. The molecular formula is C52H35N3OS. The Bertz CT molecular complexity index is 3140. The zero-order valence-electron chi connectivity index (χ0n) is 31.2. The number of thiophene rings is 1. The Hall–Kier alpha value is -7.21. The van der Waals surface area contributed by atoms with E-state index in [0.29, 0.717) is 17.5 Å². The fourth-order valence-corrected chi connectivity index (χ4v) is 8.83. The predicted octanol–water partition coefficient (Wildman–Crippen LogP) is 14.7. The van der Waals surface area contributed by atoms with Gasteiger partial charge in [0.2, 0.25) is 0 Å². The molecule has 0 spiro atoms. The van der Waals surface area contributed by atoms with Gasteiger partial charge in [-0.25, -0.2) is 15.0 Å². The summed E-state index contributed by atoms with van der Waals surface area (Å²) in [6, 6.07) is 57.3. The van der Waals surface area contributed by atoms with Crippen molar-refractivity contribution in [2.45, 2.75) is 6.92 Å². The van der Waals surface area contributed by atoms with E-state index in [4.69, 9.17) is 19.4 Å². The number of allylic oxidation sites excluding steroid dienone is 1. The van der Waals surface area contributed by atoms with Crippen molar-refractivity contribution in [2.75, 3.05) is 0 Å². The van der Waals surface area contributed by atoms with Gasteiger partial charge in [0.25, 0.3) is 0 Å². The summed E-state index contributed by atoms with van der Waals surface area (Å²) in [6.45, 7) is 6.00. The van der Waals surface area contributed by atoms with Crippen LogP contribution in [0, 0.1) is 0 Å². The van der Waals surface area contributed by atoms with Crippen LogP contribution >= 0.6 is 11.3 Å². The van der Waals surface area contributed by atoms with Crippen molar-refractivity contribution in [3.8, 4) is 67.5 Å². The molecular weight excluding hydrogens is 715 g/mol. The van der Waals surface area contributed by atoms with E-state index in [2.05, 4.69) is 146 Å². The number of benzene rings is 7. The second-order valence-corrected chi connectivity index (χ2v) is 15.0. The zero-order valence-corrected chi connectivity index (χ0v) is 32.0. The average molecular weight is 750 g/mol. The summed E-state index contributed by atoms with van der Waals surface area (Å²) in [7, 11) is 0. The number of para-hydroxylation sites is 1. The number of nitrogens with zero attached hydrogens (tertiary/aromatic N) is 3. The van der Waals surface area contributed by atoms with Crippen LogP contribution in [0.2, 0.25) is 0 Å². The molecule has 0 aliphatic rings. The molecule has 0 aliphatic heterocycles. The van der Waals surface area contributed by atoms with E-state index >= 15 is 0 Å². The van der Waals surface area contributed by atoms with E-state index in [-0.39, 0.29) is 0 Å². The predicted molar refractivity (Wildman–Crippen MR) is 240 cm³/mol. The molecule has 0 saturated carbocycles. The van der Waals surface area contributed by atoms with Crippen molar-refractivity contribution >= 4 is 54.6 Å². The summed E-state index contributed by atoms with van der Waals surface area (Å²) in [5.41, 5.74) is 11.5. The van der Waals surface area contributed by atoms with Crippen LogP contribution in [0.5, 0.6) is 0 Å². The number of fused-ring (bicyclic) bond motifs is 4. The number of rotatable bonds is 8. The van der Waals surface area contributed by atoms with Crippen LogP contribution in [0.15, 0.2) is 181 Å². The summed E-state index contributed by atoms with van der Waals surface area (Å²) in [6.07, 6.45) is 5.87. The third-order valence-corrected chi connectivity index (χ3v) is 11.6. The van der Waals surface area contributed by atoms with Crippen LogP contribution in [0.1, 0.15) is 18.2 Å². The lowest BCUT2D eigenvalue weighted by Crippen LogP contribution is -2.00. The first-order chi connectivity index (χ1) is 28.1. The molecule has 4 nitrogen and oxygen atoms in total. The van der Waals surface area contributed by atoms with Crippen LogP contribution < -0.4 is 0 Å². The lowest BCUT2D eigenvalue weighted by molar-refractivity contribution is 0.604. The van der Waals surface area contributed by atoms with Gasteiger partial charge < -0.3 is 4.42 Å². The smallest absolute Gasteiger partial charge is 0.164 e. The monoisotopic (exact) mass is 749 g/mol. The van der Waals surface area contributed by atoms with Gasteiger partial charge in [0.05, 0.1) is 0 Å². The van der Waals surface area contributed by atoms with Gasteiger partial charge in [-0.15, -0.1) is 11.3 Å². The molecule has 0 N–H and O–H groups in total. The largest absolute Gasteiger partial charge is 0.455 e. The van der Waals surface area contributed by atoms with Crippen molar-refractivity contribution in [1.29, 1.82) is 0 Å². The van der Waals surface area contributed by atoms with Crippen molar-refractivity contribution in [3.63, 3.8) is 0 Å². The number of hydrogen-bond donors (Lipinski definition) is 0. The first-order valence-electron chi connectivity index (χ1n) is 19.0. The molecule has 0 bridgehead atoms. The Balaban J connectivity index is 1.10. The van der Waals surface area contributed by atoms with Gasteiger partial charge in [0.15, 0.2) is 17.5 Å². The molecule has 0 unspecified atom stereocenters. The quantitative estimate of drug-likeness (QED) is 0.155. The lowest BCUT2D eigenvalue weighted by atomic mass is 9.97. The highest BCUT2D eigenvalue weighted by molar-refractivity contribution is 7.26. The average Bonchev–Trinajstić information content (AvgIpc) is 3.85. The standard InChI is InChI=1S/C52H35N3OS/c1-3-14-41-42-22-12-21-40(49(42)56-45(41)4-2)34-25-27-36(28-26-34)51-53-50(35-17-9-6-10-18-35)54-52(55-51)43-23-13-24-47-48(43)44-32-39(29-30-46(44)57-47)38-20-11-19-37(31-38)33-15-7-5-8-16-33/h3-32H,2H2,1H3/b14-3-. The number of furan rings is 1. The van der Waals surface area contributed by atoms with Gasteiger partial charge in [-0.05, 0) is 65.1 Å². The summed E-state index contributed by atoms with van der Waals surface area (Å²) in [5.74, 6) is 2.64.